The van der Waals surface area contributed by atoms with E-state index in [9.17, 15) is 4.79 Å². The Kier molecular flexibility index (Phi) is 8.29. The highest BCUT2D eigenvalue weighted by Gasteiger charge is 2.17. The van der Waals surface area contributed by atoms with Gasteiger partial charge in [-0.2, -0.15) is 0 Å². The summed E-state index contributed by atoms with van der Waals surface area (Å²) in [4.78, 5) is 18.9. The van der Waals surface area contributed by atoms with Crippen molar-refractivity contribution in [1.82, 2.24) is 4.90 Å². The van der Waals surface area contributed by atoms with Gasteiger partial charge >= 0.3 is 0 Å². The lowest BCUT2D eigenvalue weighted by molar-refractivity contribution is 0.0724. The molecule has 28 heavy (non-hydrogen) atoms. The number of aryl methyl sites for hydroxylation is 2. The van der Waals surface area contributed by atoms with Gasteiger partial charge in [0, 0.05) is 24.3 Å². The van der Waals surface area contributed by atoms with Crippen LogP contribution in [-0.4, -0.2) is 29.9 Å². The standard InChI is InChI=1S/C22H28N4O.HI/c1-16-12-17(2)14-20(13-16)25-22(23)24-15-18-6-8-19(9-7-18)21(27)26-10-4-3-5-11-26;/h6-9,12-14H,3-5,10-11,15H2,1-2H3,(H3,23,24,25);1H. The summed E-state index contributed by atoms with van der Waals surface area (Å²) < 4.78 is 0. The summed E-state index contributed by atoms with van der Waals surface area (Å²) in [6.07, 6.45) is 3.43. The number of nitrogens with two attached hydrogens (primary N) is 1. The van der Waals surface area contributed by atoms with E-state index < -0.39 is 0 Å². The lowest BCUT2D eigenvalue weighted by Crippen LogP contribution is -2.35. The molecular formula is C22H29IN4O. The molecule has 0 aromatic heterocycles. The van der Waals surface area contributed by atoms with Crippen LogP contribution in [-0.2, 0) is 6.54 Å². The van der Waals surface area contributed by atoms with Gasteiger partial charge in [-0.05, 0) is 74.1 Å². The predicted molar refractivity (Wildman–Crippen MR) is 126 cm³/mol. The zero-order valence-corrected chi connectivity index (χ0v) is 18.9. The molecule has 1 aliphatic rings. The fraction of sp³-hybridized carbons (Fsp3) is 0.364. The molecule has 0 unspecified atom stereocenters. The van der Waals surface area contributed by atoms with E-state index in [-0.39, 0.29) is 29.9 Å². The maximum Gasteiger partial charge on any atom is 0.253 e. The Labute approximate surface area is 184 Å². The number of guanidine groups is 1. The van der Waals surface area contributed by atoms with Gasteiger partial charge in [-0.15, -0.1) is 24.0 Å². The van der Waals surface area contributed by atoms with Crippen molar-refractivity contribution in [2.24, 2.45) is 10.7 Å². The van der Waals surface area contributed by atoms with Gasteiger partial charge in [-0.1, -0.05) is 18.2 Å². The minimum absolute atomic E-state index is 0. The zero-order valence-electron chi connectivity index (χ0n) is 16.6. The summed E-state index contributed by atoms with van der Waals surface area (Å²) in [7, 11) is 0. The molecule has 1 heterocycles. The van der Waals surface area contributed by atoms with Crippen LogP contribution in [0.4, 0.5) is 5.69 Å². The number of hydrogen-bond donors (Lipinski definition) is 2. The van der Waals surface area contributed by atoms with Crippen LogP contribution < -0.4 is 11.1 Å². The van der Waals surface area contributed by atoms with Crippen LogP contribution in [0, 0.1) is 13.8 Å². The second kappa shape index (κ2) is 10.5. The third-order valence-corrected chi connectivity index (χ3v) is 4.77. The Hall–Kier alpha value is -2.09. The van der Waals surface area contributed by atoms with Crippen LogP contribution in [0.25, 0.3) is 0 Å². The van der Waals surface area contributed by atoms with Crippen molar-refractivity contribution in [3.05, 3.63) is 64.7 Å². The van der Waals surface area contributed by atoms with Crippen LogP contribution >= 0.6 is 24.0 Å². The average Bonchev–Trinajstić information content (AvgIpc) is 2.66. The van der Waals surface area contributed by atoms with Crippen molar-refractivity contribution < 1.29 is 4.79 Å². The monoisotopic (exact) mass is 492 g/mol. The molecule has 1 amide bonds. The molecule has 2 aromatic carbocycles. The van der Waals surface area contributed by atoms with Crippen LogP contribution in [0.1, 0.15) is 46.3 Å². The van der Waals surface area contributed by atoms with Crippen molar-refractivity contribution in [2.75, 3.05) is 18.4 Å². The molecule has 1 aliphatic heterocycles. The molecule has 2 aromatic rings. The molecule has 150 valence electrons. The highest BCUT2D eigenvalue weighted by atomic mass is 127. The molecule has 5 nitrogen and oxygen atoms in total. The van der Waals surface area contributed by atoms with Gasteiger partial charge in [0.1, 0.15) is 0 Å². The van der Waals surface area contributed by atoms with E-state index in [0.29, 0.717) is 12.5 Å². The first-order valence-corrected chi connectivity index (χ1v) is 9.55. The predicted octanol–water partition coefficient (Wildman–Crippen LogP) is 4.47. The molecule has 0 radical (unpaired) electrons. The van der Waals surface area contributed by atoms with E-state index >= 15 is 0 Å². The lowest BCUT2D eigenvalue weighted by atomic mass is 10.1. The van der Waals surface area contributed by atoms with Crippen molar-refractivity contribution >= 4 is 41.5 Å². The molecule has 3 N–H and O–H groups in total. The Bertz CT molecular complexity index is 807. The molecule has 0 saturated carbocycles. The molecule has 1 fully saturated rings. The van der Waals surface area contributed by atoms with Gasteiger partial charge in [0.25, 0.3) is 5.91 Å². The van der Waals surface area contributed by atoms with Crippen LogP contribution in [0.3, 0.4) is 0 Å². The Morgan fingerprint density at radius 3 is 2.25 bits per heavy atom. The van der Waals surface area contributed by atoms with Crippen molar-refractivity contribution in [3.63, 3.8) is 0 Å². The number of halogens is 1. The smallest absolute Gasteiger partial charge is 0.253 e. The number of carbonyl (C=O) groups is 1. The van der Waals surface area contributed by atoms with Gasteiger partial charge in [-0.25, -0.2) is 4.99 Å². The maximum atomic E-state index is 12.5. The molecule has 0 bridgehead atoms. The number of benzene rings is 2. The summed E-state index contributed by atoms with van der Waals surface area (Å²) in [5.74, 6) is 0.509. The Morgan fingerprint density at radius 2 is 1.64 bits per heavy atom. The zero-order chi connectivity index (χ0) is 19.2. The summed E-state index contributed by atoms with van der Waals surface area (Å²) in [5.41, 5.74) is 11.1. The second-order valence-electron chi connectivity index (χ2n) is 7.25. The minimum atomic E-state index is 0. The summed E-state index contributed by atoms with van der Waals surface area (Å²) in [6, 6.07) is 13.9. The number of carbonyl (C=O) groups excluding carboxylic acids is 1. The number of nitrogens with zero attached hydrogens (tertiary/aromatic N) is 2. The molecule has 6 heteroatoms. The fourth-order valence-electron chi connectivity index (χ4n) is 3.44. The summed E-state index contributed by atoms with van der Waals surface area (Å²) in [6.45, 7) is 6.31. The summed E-state index contributed by atoms with van der Waals surface area (Å²) >= 11 is 0. The maximum absolute atomic E-state index is 12.5. The third kappa shape index (κ3) is 6.22. The van der Waals surface area contributed by atoms with Gasteiger partial charge in [0.05, 0.1) is 6.54 Å². The second-order valence-corrected chi connectivity index (χ2v) is 7.25. The fourth-order valence-corrected chi connectivity index (χ4v) is 3.44. The number of amides is 1. The first-order chi connectivity index (χ1) is 13.0. The minimum Gasteiger partial charge on any atom is -0.370 e. The number of aliphatic imine (C=N–C) groups is 1. The number of piperidine rings is 1. The molecule has 0 spiro atoms. The Morgan fingerprint density at radius 1 is 1.04 bits per heavy atom. The molecular weight excluding hydrogens is 463 g/mol. The SMILES string of the molecule is Cc1cc(C)cc(NC(N)=NCc2ccc(C(=O)N3CCCCC3)cc2)c1.I. The van der Waals surface area contributed by atoms with Crippen LogP contribution in [0.15, 0.2) is 47.5 Å². The average molecular weight is 492 g/mol. The Balaban J connectivity index is 0.00000280. The highest BCUT2D eigenvalue weighted by molar-refractivity contribution is 14.0. The number of nitrogens with one attached hydrogen (secondary N) is 1. The van der Waals surface area contributed by atoms with Crippen molar-refractivity contribution in [2.45, 2.75) is 39.7 Å². The van der Waals surface area contributed by atoms with Crippen molar-refractivity contribution in [3.8, 4) is 0 Å². The topological polar surface area (TPSA) is 70.7 Å². The molecule has 3 rings (SSSR count). The number of anilines is 1. The largest absolute Gasteiger partial charge is 0.370 e. The van der Waals surface area contributed by atoms with E-state index in [1.165, 1.54) is 17.5 Å². The quantitative estimate of drug-likeness (QED) is 0.376. The van der Waals surface area contributed by atoms with Gasteiger partial charge in [0.15, 0.2) is 5.96 Å². The lowest BCUT2D eigenvalue weighted by Gasteiger charge is -2.26. The van der Waals surface area contributed by atoms with Crippen LogP contribution in [0.5, 0.6) is 0 Å². The van der Waals surface area contributed by atoms with E-state index in [4.69, 9.17) is 5.73 Å². The van der Waals surface area contributed by atoms with E-state index in [0.717, 1.165) is 42.7 Å². The number of likely N-dealkylation sites (tertiary alicyclic amines) is 1. The first kappa shape index (κ1) is 22.2. The molecule has 0 atom stereocenters. The van der Waals surface area contributed by atoms with E-state index in [2.05, 4.69) is 30.2 Å². The highest BCUT2D eigenvalue weighted by Crippen LogP contribution is 2.15. The van der Waals surface area contributed by atoms with Gasteiger partial charge < -0.3 is 16.0 Å². The summed E-state index contributed by atoms with van der Waals surface area (Å²) in [5, 5.41) is 3.13. The number of rotatable bonds is 4. The van der Waals surface area contributed by atoms with Gasteiger partial charge in [-0.3, -0.25) is 4.79 Å². The van der Waals surface area contributed by atoms with Crippen molar-refractivity contribution in [1.29, 1.82) is 0 Å². The molecule has 1 saturated heterocycles. The number of hydrogen-bond acceptors (Lipinski definition) is 2. The van der Waals surface area contributed by atoms with Gasteiger partial charge in [0.2, 0.25) is 0 Å². The van der Waals surface area contributed by atoms with Crippen LogP contribution in [0.2, 0.25) is 0 Å². The normalized spacial score (nSPS) is 14.4. The molecule has 0 aliphatic carbocycles. The van der Waals surface area contributed by atoms with E-state index in [1.54, 1.807) is 0 Å². The third-order valence-electron chi connectivity index (χ3n) is 4.77. The first-order valence-electron chi connectivity index (χ1n) is 9.55. The van der Waals surface area contributed by atoms with E-state index in [1.807, 2.05) is 41.3 Å².